The van der Waals surface area contributed by atoms with Gasteiger partial charge in [-0.15, -0.1) is 0 Å². The van der Waals surface area contributed by atoms with Crippen molar-refractivity contribution < 1.29 is 229 Å². The van der Waals surface area contributed by atoms with E-state index in [1.165, 1.54) is 13.8 Å². The molecule has 135 heavy (non-hydrogen) atoms. The predicted molar refractivity (Wildman–Crippen MR) is 439 cm³/mol. The second kappa shape index (κ2) is 45.8. The molecule has 4 saturated heterocycles. The fraction of sp³-hybridized carbons (Fsp3) is 0.531. The number of aryl methyl sites for hydroxylation is 2. The Morgan fingerprint density at radius 3 is 0.874 bits per heavy atom. The number of aliphatic hydroxyl groups excluding tert-OH is 4. The van der Waals surface area contributed by atoms with Crippen LogP contribution in [0.2, 0.25) is 0 Å². The normalized spacial score (nSPS) is 29.6. The third kappa shape index (κ3) is 33.5. The van der Waals surface area contributed by atoms with Crippen molar-refractivity contribution in [3.05, 3.63) is 125 Å². The minimum absolute atomic E-state index is 0.0218. The van der Waals surface area contributed by atoms with E-state index in [2.05, 4.69) is 81.4 Å². The van der Waals surface area contributed by atoms with Crippen LogP contribution in [0, 0.1) is 64.9 Å². The molecule has 762 valence electrons. The van der Waals surface area contributed by atoms with Crippen LogP contribution in [0.15, 0.2) is 62.9 Å². The molecule has 0 radical (unpaired) electrons. The van der Waals surface area contributed by atoms with Crippen LogP contribution in [0.4, 0.5) is 4.39 Å². The van der Waals surface area contributed by atoms with Crippen LogP contribution in [0.5, 0.6) is 0 Å². The highest BCUT2D eigenvalue weighted by Crippen LogP contribution is 2.71. The second-order valence-corrected chi connectivity index (χ2v) is 46.8. The van der Waals surface area contributed by atoms with Gasteiger partial charge < -0.3 is 118 Å². The number of ether oxygens (including phenoxy) is 4. The summed E-state index contributed by atoms with van der Waals surface area (Å²) >= 11 is 46.9. The van der Waals surface area contributed by atoms with Crippen LogP contribution in [0.3, 0.4) is 0 Å². The SMILES string of the molecule is C[C@@H](OP(=O)(O)OP(=O)(O)OP(=O)(O)O)[C@H]1O[C@@H](n2cc(F)c(=O)[nH]c2=O)C(Cl)(C#CCl)[C@H]1O.C[C@@H](OP(=O)(O)OP(=O)(O)OP(=O)(O)O)[C@H]1O[C@@H](n2ncc(=O)[nH]c2=O)C(Cl)(C#CCl)[C@H]1O.Cc1cc(=O)[nH]c(=O)n1[C@@H]1O[C@H]([C@@H](C)OP(=O)(O)OP(=O)(O)OP(=O)(O)O)[C@H](O)C1(Cl)C#CCl.Cc1cc(=O)[nH]c(=O)n1[C@@H]1O[C@H]([C@H](C)OP(=O)(O)OP(=O)(O)OP(=O)(O)O)[C@H](O)C1(Cl)C#CCl. The maximum absolute atomic E-state index is 13.7. The van der Waals surface area contributed by atoms with Crippen LogP contribution >= 0.6 is 187 Å². The maximum Gasteiger partial charge on any atom is 0.490 e. The number of halogens is 9. The molecule has 4 aliphatic rings. The van der Waals surface area contributed by atoms with Gasteiger partial charge >= 0.3 is 117 Å². The topological polar surface area (TPSA) is 989 Å². The van der Waals surface area contributed by atoms with E-state index in [0.29, 0.717) is 21.6 Å². The average molecular weight is 2350 g/mol. The molecule has 65 nitrogen and oxygen atoms in total. The minimum atomic E-state index is -5.84. The molecule has 0 saturated carbocycles. The van der Waals surface area contributed by atoms with E-state index in [-0.39, 0.29) is 11.4 Å². The highest BCUT2D eigenvalue weighted by Gasteiger charge is 2.64. The molecule has 4 aliphatic heterocycles. The number of nitrogens with zero attached hydrogens (tertiary/aromatic N) is 5. The molecule has 0 spiro atoms. The van der Waals surface area contributed by atoms with E-state index >= 15 is 0 Å². The lowest BCUT2D eigenvalue weighted by Gasteiger charge is -2.27. The van der Waals surface area contributed by atoms with Gasteiger partial charge in [0.15, 0.2) is 44.4 Å². The first-order valence-electron chi connectivity index (χ1n) is 33.6. The van der Waals surface area contributed by atoms with Crippen molar-refractivity contribution in [1.82, 2.24) is 43.4 Å². The van der Waals surface area contributed by atoms with Crippen molar-refractivity contribution in [2.45, 2.75) is 159 Å². The number of rotatable bonds is 32. The Morgan fingerprint density at radius 1 is 0.378 bits per heavy atom. The predicted octanol–water partition coefficient (Wildman–Crippen LogP) is -1.03. The Hall–Kier alpha value is -3.54. The summed E-state index contributed by atoms with van der Waals surface area (Å²) in [6.07, 6.45) is -27.4. The van der Waals surface area contributed by atoms with Crippen LogP contribution in [0.25, 0.3) is 0 Å². The molecule has 8 rings (SSSR count). The van der Waals surface area contributed by atoms with Crippen molar-refractivity contribution in [2.75, 3.05) is 0 Å². The smallest absolute Gasteiger partial charge is 0.387 e. The number of hydrogen-bond acceptors (Lipinski definition) is 41. The number of alkyl halides is 4. The maximum atomic E-state index is 13.7. The van der Waals surface area contributed by atoms with E-state index in [1.54, 1.807) is 4.98 Å². The largest absolute Gasteiger partial charge is 0.490 e. The lowest BCUT2D eigenvalue weighted by molar-refractivity contribution is -0.0786. The van der Waals surface area contributed by atoms with Gasteiger partial charge in [0.25, 0.3) is 22.2 Å². The first-order chi connectivity index (χ1) is 60.9. The fourth-order valence-corrected chi connectivity index (χ4v) is 26.3. The van der Waals surface area contributed by atoms with Gasteiger partial charge in [-0.1, -0.05) is 70.1 Å². The van der Waals surface area contributed by atoms with Gasteiger partial charge in [0.1, 0.15) is 55.0 Å². The number of hydrogen-bond donors (Lipinski definition) is 24. The average Bonchev–Trinajstić information content (AvgIpc) is 1.60. The van der Waals surface area contributed by atoms with Crippen molar-refractivity contribution in [3.63, 3.8) is 0 Å². The molecule has 0 aromatic carbocycles. The highest BCUT2D eigenvalue weighted by atomic mass is 35.5. The van der Waals surface area contributed by atoms with Crippen LogP contribution < -0.4 is 45.0 Å². The zero-order valence-corrected chi connectivity index (χ0v) is 82.5. The number of aromatic nitrogens is 9. The summed E-state index contributed by atoms with van der Waals surface area (Å²) in [5, 5.41) is 53.8. The number of aliphatic hydroxyl groups is 4. The van der Waals surface area contributed by atoms with E-state index in [9.17, 15) is 157 Å². The van der Waals surface area contributed by atoms with E-state index in [1.807, 2.05) is 36.5 Å². The molecular weight excluding hydrogens is 2280 g/mol. The van der Waals surface area contributed by atoms with Gasteiger partial charge in [-0.25, -0.2) is 74.0 Å². The number of aromatic amines is 4. The molecular formula is C49H62Cl8FN9O56P12. The molecule has 8 heterocycles. The van der Waals surface area contributed by atoms with Crippen LogP contribution in [-0.2, 0) is 126 Å². The Morgan fingerprint density at radius 2 is 0.622 bits per heavy atom. The second-order valence-electron chi connectivity index (χ2n) is 26.1. The summed E-state index contributed by atoms with van der Waals surface area (Å²) in [5.41, 5.74) is -8.14. The minimum Gasteiger partial charge on any atom is -0.387 e. The summed E-state index contributed by atoms with van der Waals surface area (Å²) in [5.74, 6) is 7.32. The number of nitrogens with one attached hydrogen (secondary N) is 4. The first-order valence-corrected chi connectivity index (χ1v) is 54.7. The van der Waals surface area contributed by atoms with Crippen molar-refractivity contribution >= 4 is 187 Å². The van der Waals surface area contributed by atoms with Crippen molar-refractivity contribution in [1.29, 1.82) is 0 Å². The summed E-state index contributed by atoms with van der Waals surface area (Å²) in [6, 6.07) is 2.01. The van der Waals surface area contributed by atoms with Crippen LogP contribution in [0.1, 0.15) is 64.0 Å². The Labute approximate surface area is 784 Å². The van der Waals surface area contributed by atoms with Crippen molar-refractivity contribution in [2.24, 2.45) is 0 Å². The van der Waals surface area contributed by atoms with E-state index in [4.69, 9.17) is 151 Å². The molecule has 4 aromatic rings. The number of phosphoric ester groups is 4. The summed E-state index contributed by atoms with van der Waals surface area (Å²) in [6.45, 7) is 6.63. The molecule has 12 unspecified atom stereocenters. The molecule has 0 bridgehead atoms. The third-order valence-corrected chi connectivity index (χ3v) is 34.3. The lowest BCUT2D eigenvalue weighted by Crippen LogP contribution is -2.46. The van der Waals surface area contributed by atoms with Gasteiger partial charge in [0, 0.05) is 45.0 Å². The number of phosphoric acid groups is 12. The van der Waals surface area contributed by atoms with Gasteiger partial charge in [0.2, 0.25) is 5.82 Å². The monoisotopic (exact) mass is 2340 g/mol. The summed E-state index contributed by atoms with van der Waals surface area (Å²) in [7, 11) is -68.2. The molecule has 4 fully saturated rings. The highest BCUT2D eigenvalue weighted by molar-refractivity contribution is 7.68. The zero-order chi connectivity index (χ0) is 104. The van der Waals surface area contributed by atoms with Crippen molar-refractivity contribution in [3.8, 4) is 45.2 Å². The quantitative estimate of drug-likeness (QED) is 0.0158. The standard InChI is InChI=1S/2C13H17Cl2N2O14P3.C12H14Cl2FN2O14P3.C11H14Cl2N3O14P3/c2*1-6-5-8(18)16-12(20)17(6)11-13(15,3-4-14)10(19)9(28-11)7(2)29-33(24,25)31-34(26,27)30-32(21,22)23;1-5(29-33(24,25)31-34(26,27)30-32(21,22)23)7-8(18)12(14,2-3-13)10(28-7)17-4-6(15)9(19)16-11(17)20;1-5(28-32(23,24)30-33(25,26)29-31(20,21)22)7-8(18)11(13,2-3-12)9(27-7)16-10(19)15-6(17)4-14-16/h2*5,7,9-11,19H,1-2H3,(H,24,25)(H,26,27)(H,16,18,20)(H2,21,22,23);4-5,7-8,10,18H,1H3,(H,24,25)(H,26,27)(H,16,19,20)(H2,21,22,23);4-5,7-9,18H,1H3,(H,23,24)(H,25,26)(H,15,17,19)(H2,20,21,22)/t7-,9+,10-,11+,13?;7-,9-,10+,11-,13?;5-,7-,8+,10-,12?;5-,7-,8+,9-,11?/m0111/s1. The number of H-pyrrole nitrogens is 4. The Bertz CT molecular complexity index is 6370. The molecule has 86 heteroatoms. The molecule has 0 amide bonds. The lowest BCUT2D eigenvalue weighted by atomic mass is 9.97. The summed E-state index contributed by atoms with van der Waals surface area (Å²) < 4.78 is 222. The molecule has 4 aromatic heterocycles. The van der Waals surface area contributed by atoms with Gasteiger partial charge in [-0.2, -0.15) is 48.7 Å². The van der Waals surface area contributed by atoms with Gasteiger partial charge in [-0.3, -0.25) is 70.9 Å². The Kier molecular flexibility index (Phi) is 41.4. The molecule has 28 atom stereocenters. The van der Waals surface area contributed by atoms with Gasteiger partial charge in [-0.05, 0) is 87.9 Å². The first kappa shape index (κ1) is 122. The van der Waals surface area contributed by atoms with Crippen LogP contribution in [-0.4, -0.2) is 235 Å². The molecule has 0 aliphatic carbocycles. The van der Waals surface area contributed by atoms with E-state index in [0.717, 1.165) is 49.0 Å². The van der Waals surface area contributed by atoms with Gasteiger partial charge in [0.05, 0.1) is 30.6 Å². The fourth-order valence-electron chi connectivity index (χ4n) is 11.4. The summed E-state index contributed by atoms with van der Waals surface area (Å²) in [4.78, 5) is 237. The zero-order valence-electron chi connectivity index (χ0n) is 65.7. The third-order valence-electron chi connectivity index (χ3n) is 16.2. The Balaban J connectivity index is 0.000000318. The van der Waals surface area contributed by atoms with E-state index < -0.39 is 262 Å². The molecule has 24 N–H and O–H groups in total.